The van der Waals surface area contributed by atoms with Crippen LogP contribution in [0.5, 0.6) is 0 Å². The summed E-state index contributed by atoms with van der Waals surface area (Å²) in [7, 11) is 0. The molecule has 2 aromatic heterocycles. The van der Waals surface area contributed by atoms with Crippen molar-refractivity contribution in [2.75, 3.05) is 5.73 Å². The molecule has 0 bridgehead atoms. The SMILES string of the molecule is NC1=CC2CC2CC(n2c(C3CCCCCC3)nc3cnc(N)nc32)=C1. The number of nitrogen functional groups attached to an aromatic ring is 1. The van der Waals surface area contributed by atoms with Crippen LogP contribution < -0.4 is 11.5 Å². The molecule has 2 atom stereocenters. The largest absolute Gasteiger partial charge is 0.399 e. The van der Waals surface area contributed by atoms with Crippen molar-refractivity contribution in [3.63, 3.8) is 0 Å². The molecule has 0 saturated heterocycles. The zero-order valence-corrected chi connectivity index (χ0v) is 15.1. The van der Waals surface area contributed by atoms with Crippen LogP contribution in [-0.4, -0.2) is 19.5 Å². The lowest BCUT2D eigenvalue weighted by Crippen LogP contribution is -2.11. The standard InChI is InChI=1S/C20H26N6/c21-15-8-13-7-14(13)9-16(10-15)26-18(12-5-3-1-2-4-6-12)24-17-11-23-20(22)25-19(17)26/h8,10-14H,1-7,9,21H2,(H2,22,23,25). The van der Waals surface area contributed by atoms with Gasteiger partial charge in [-0.05, 0) is 43.6 Å². The Labute approximate surface area is 153 Å². The Morgan fingerprint density at radius 3 is 2.65 bits per heavy atom. The van der Waals surface area contributed by atoms with Gasteiger partial charge in [0, 0.05) is 17.3 Å². The van der Waals surface area contributed by atoms with Crippen molar-refractivity contribution in [3.05, 3.63) is 29.9 Å². The molecule has 2 heterocycles. The van der Waals surface area contributed by atoms with E-state index in [1.807, 2.05) is 0 Å². The monoisotopic (exact) mass is 350 g/mol. The lowest BCUT2D eigenvalue weighted by molar-refractivity contribution is 0.554. The second-order valence-electron chi connectivity index (χ2n) is 8.10. The zero-order chi connectivity index (χ0) is 17.7. The molecular weight excluding hydrogens is 324 g/mol. The van der Waals surface area contributed by atoms with Gasteiger partial charge in [-0.15, -0.1) is 0 Å². The summed E-state index contributed by atoms with van der Waals surface area (Å²) in [5, 5.41) is 0. The molecule has 3 aliphatic rings. The summed E-state index contributed by atoms with van der Waals surface area (Å²) in [6, 6.07) is 0. The van der Waals surface area contributed by atoms with Gasteiger partial charge in [-0.3, -0.25) is 4.57 Å². The highest BCUT2D eigenvalue weighted by Gasteiger charge is 2.38. The maximum absolute atomic E-state index is 6.27. The minimum absolute atomic E-state index is 0.299. The van der Waals surface area contributed by atoms with Crippen molar-refractivity contribution >= 4 is 22.8 Å². The normalized spacial score (nSPS) is 26.6. The molecule has 6 nitrogen and oxygen atoms in total. The molecule has 3 aliphatic carbocycles. The predicted molar refractivity (Wildman–Crippen MR) is 103 cm³/mol. The molecule has 2 aromatic rings. The van der Waals surface area contributed by atoms with Crippen molar-refractivity contribution in [1.82, 2.24) is 19.5 Å². The lowest BCUT2D eigenvalue weighted by atomic mass is 9.99. The molecule has 0 spiro atoms. The number of nitrogens with two attached hydrogens (primary N) is 2. The molecule has 2 saturated carbocycles. The molecule has 0 aliphatic heterocycles. The van der Waals surface area contributed by atoms with E-state index in [-0.39, 0.29) is 0 Å². The van der Waals surface area contributed by atoms with Crippen LogP contribution in [0.1, 0.15) is 63.1 Å². The lowest BCUT2D eigenvalue weighted by Gasteiger charge is -2.18. The maximum Gasteiger partial charge on any atom is 0.222 e. The third kappa shape index (κ3) is 2.77. The van der Waals surface area contributed by atoms with E-state index in [0.717, 1.165) is 29.1 Å². The first-order valence-electron chi connectivity index (χ1n) is 9.88. The summed E-state index contributed by atoms with van der Waals surface area (Å²) in [6.45, 7) is 0. The quantitative estimate of drug-likeness (QED) is 0.807. The average molecular weight is 350 g/mol. The second-order valence-corrected chi connectivity index (χ2v) is 8.10. The maximum atomic E-state index is 6.27. The first-order valence-corrected chi connectivity index (χ1v) is 9.88. The van der Waals surface area contributed by atoms with Crippen LogP contribution in [0.2, 0.25) is 0 Å². The van der Waals surface area contributed by atoms with Gasteiger partial charge in [-0.2, -0.15) is 4.98 Å². The van der Waals surface area contributed by atoms with Gasteiger partial charge < -0.3 is 11.5 Å². The average Bonchev–Trinajstić information content (AvgIpc) is 3.32. The Morgan fingerprint density at radius 2 is 1.85 bits per heavy atom. The molecule has 6 heteroatoms. The van der Waals surface area contributed by atoms with E-state index >= 15 is 0 Å². The number of aromatic nitrogens is 4. The third-order valence-corrected chi connectivity index (χ3v) is 6.14. The summed E-state index contributed by atoms with van der Waals surface area (Å²) in [5.74, 6) is 3.23. The molecule has 2 fully saturated rings. The van der Waals surface area contributed by atoms with E-state index in [4.69, 9.17) is 16.5 Å². The summed E-state index contributed by atoms with van der Waals surface area (Å²) < 4.78 is 2.25. The van der Waals surface area contributed by atoms with Crippen molar-refractivity contribution in [2.24, 2.45) is 17.6 Å². The van der Waals surface area contributed by atoms with Crippen molar-refractivity contribution in [3.8, 4) is 0 Å². The van der Waals surface area contributed by atoms with Crippen LogP contribution in [0.15, 0.2) is 24.0 Å². The Bertz CT molecular complexity index is 900. The second kappa shape index (κ2) is 6.11. The van der Waals surface area contributed by atoms with Gasteiger partial charge in [0.15, 0.2) is 5.65 Å². The Hall–Kier alpha value is -2.37. The number of hydrogen-bond donors (Lipinski definition) is 2. The van der Waals surface area contributed by atoms with Gasteiger partial charge >= 0.3 is 0 Å². The number of fused-ring (bicyclic) bond motifs is 2. The molecule has 0 aromatic carbocycles. The summed E-state index contributed by atoms with van der Waals surface area (Å²) in [4.78, 5) is 13.7. The van der Waals surface area contributed by atoms with E-state index < -0.39 is 0 Å². The number of hydrogen-bond acceptors (Lipinski definition) is 5. The van der Waals surface area contributed by atoms with Crippen LogP contribution in [0.4, 0.5) is 5.95 Å². The van der Waals surface area contributed by atoms with Crippen LogP contribution in [0.3, 0.4) is 0 Å². The number of imidazole rings is 1. The highest BCUT2D eigenvalue weighted by molar-refractivity contribution is 5.77. The van der Waals surface area contributed by atoms with Crippen molar-refractivity contribution in [1.29, 1.82) is 0 Å². The Kier molecular flexibility index (Phi) is 3.72. The van der Waals surface area contributed by atoms with Crippen LogP contribution in [0.25, 0.3) is 16.9 Å². The third-order valence-electron chi connectivity index (χ3n) is 6.14. The van der Waals surface area contributed by atoms with E-state index in [1.54, 1.807) is 6.20 Å². The first kappa shape index (κ1) is 15.9. The minimum Gasteiger partial charge on any atom is -0.399 e. The smallest absolute Gasteiger partial charge is 0.222 e. The summed E-state index contributed by atoms with van der Waals surface area (Å²) >= 11 is 0. The molecule has 0 radical (unpaired) electrons. The topological polar surface area (TPSA) is 95.6 Å². The molecular formula is C20H26N6. The van der Waals surface area contributed by atoms with E-state index in [1.165, 1.54) is 50.6 Å². The number of rotatable bonds is 2. The Morgan fingerprint density at radius 1 is 1.04 bits per heavy atom. The van der Waals surface area contributed by atoms with E-state index in [2.05, 4.69) is 26.7 Å². The van der Waals surface area contributed by atoms with Gasteiger partial charge in [0.1, 0.15) is 11.3 Å². The first-order chi connectivity index (χ1) is 12.7. The fourth-order valence-corrected chi connectivity index (χ4v) is 4.68. The van der Waals surface area contributed by atoms with Gasteiger partial charge in [0.2, 0.25) is 5.95 Å². The van der Waals surface area contributed by atoms with Crippen molar-refractivity contribution in [2.45, 2.75) is 57.3 Å². The minimum atomic E-state index is 0.299. The van der Waals surface area contributed by atoms with Crippen LogP contribution in [0, 0.1) is 11.8 Å². The molecule has 26 heavy (non-hydrogen) atoms. The molecule has 0 amide bonds. The van der Waals surface area contributed by atoms with Gasteiger partial charge in [0.05, 0.1) is 6.20 Å². The van der Waals surface area contributed by atoms with Crippen LogP contribution >= 0.6 is 0 Å². The van der Waals surface area contributed by atoms with Gasteiger partial charge in [-0.1, -0.05) is 31.8 Å². The van der Waals surface area contributed by atoms with E-state index in [0.29, 0.717) is 23.7 Å². The highest BCUT2D eigenvalue weighted by Crippen LogP contribution is 2.48. The zero-order valence-electron chi connectivity index (χ0n) is 15.1. The molecule has 2 unspecified atom stereocenters. The number of anilines is 1. The fraction of sp³-hybridized carbons (Fsp3) is 0.550. The predicted octanol–water partition coefficient (Wildman–Crippen LogP) is 3.57. The number of allylic oxidation sites excluding steroid dienone is 3. The fourth-order valence-electron chi connectivity index (χ4n) is 4.68. The summed E-state index contributed by atoms with van der Waals surface area (Å²) in [6.07, 6.45) is 15.9. The highest BCUT2D eigenvalue weighted by atomic mass is 15.2. The Balaban J connectivity index is 1.67. The molecule has 136 valence electrons. The van der Waals surface area contributed by atoms with Gasteiger partial charge in [-0.25, -0.2) is 9.97 Å². The summed E-state index contributed by atoms with van der Waals surface area (Å²) in [5.41, 5.74) is 15.9. The molecule has 4 N–H and O–H groups in total. The molecule has 5 rings (SSSR count). The van der Waals surface area contributed by atoms with E-state index in [9.17, 15) is 0 Å². The van der Waals surface area contributed by atoms with Gasteiger partial charge in [0.25, 0.3) is 0 Å². The number of nitrogens with zero attached hydrogens (tertiary/aromatic N) is 4. The van der Waals surface area contributed by atoms with Crippen molar-refractivity contribution < 1.29 is 0 Å². The van der Waals surface area contributed by atoms with Crippen LogP contribution in [-0.2, 0) is 0 Å².